The number of aromatic nitrogens is 2. The molecule has 0 fully saturated rings. The topological polar surface area (TPSA) is 93.1 Å². The molecular weight excluding hydrogens is 579 g/mol. The minimum Gasteiger partial charge on any atom is -0.364 e. The first kappa shape index (κ1) is 32.5. The number of aromatic amines is 1. The molecule has 8 heteroatoms. The summed E-state index contributed by atoms with van der Waals surface area (Å²) in [6, 6.07) is 25.0. The molecule has 1 N–H and O–H groups in total. The van der Waals surface area contributed by atoms with Crippen LogP contribution in [-0.2, 0) is 36.0 Å². The third kappa shape index (κ3) is 8.42. The van der Waals surface area contributed by atoms with Gasteiger partial charge < -0.3 is 9.88 Å². The standard InChI is InChI=1S/C37H45N5O2S/c1-3-4-6-10-29(2)11-9-14-30-15-18-36(19-16-30)45(43,44)42-25-33-21-32(23-38)17-20-37(33)41(26-34-24-39-28-40-34)27-35(42)22-31-12-7-5-8-13-31/h5,7-8,12-13,15-21,24,28-29,35H,3-4,6,9-11,14,22,25-27H2,1-2H3,(H,39,40)/t29?,35-/m1/s1. The summed E-state index contributed by atoms with van der Waals surface area (Å²) in [7, 11) is -3.86. The van der Waals surface area contributed by atoms with Crippen LogP contribution in [0.3, 0.4) is 0 Å². The summed E-state index contributed by atoms with van der Waals surface area (Å²) in [6.45, 7) is 5.76. The van der Waals surface area contributed by atoms with Crippen molar-refractivity contribution in [3.05, 3.63) is 113 Å². The Morgan fingerprint density at radius 1 is 1.00 bits per heavy atom. The summed E-state index contributed by atoms with van der Waals surface area (Å²) in [6.07, 6.45) is 12.5. The lowest BCUT2D eigenvalue weighted by atomic mass is 9.96. The maximum absolute atomic E-state index is 14.5. The summed E-state index contributed by atoms with van der Waals surface area (Å²) >= 11 is 0. The molecule has 0 bridgehead atoms. The minimum atomic E-state index is -3.86. The normalized spacial score (nSPS) is 16.1. The van der Waals surface area contributed by atoms with Gasteiger partial charge in [0.2, 0.25) is 10.0 Å². The second kappa shape index (κ2) is 15.4. The number of benzene rings is 3. The van der Waals surface area contributed by atoms with Crippen molar-refractivity contribution in [1.82, 2.24) is 14.3 Å². The first-order chi connectivity index (χ1) is 21.9. The largest absolute Gasteiger partial charge is 0.364 e. The second-order valence-corrected chi connectivity index (χ2v) is 14.3. The zero-order valence-corrected chi connectivity index (χ0v) is 27.3. The zero-order chi connectivity index (χ0) is 31.6. The highest BCUT2D eigenvalue weighted by molar-refractivity contribution is 7.89. The fraction of sp³-hybridized carbons (Fsp3) is 0.405. The van der Waals surface area contributed by atoms with Crippen molar-refractivity contribution in [2.75, 3.05) is 11.4 Å². The van der Waals surface area contributed by atoms with E-state index in [9.17, 15) is 13.7 Å². The number of rotatable bonds is 14. The monoisotopic (exact) mass is 623 g/mol. The van der Waals surface area contributed by atoms with E-state index in [2.05, 4.69) is 34.8 Å². The number of imidazole rings is 1. The van der Waals surface area contributed by atoms with Crippen LogP contribution in [0, 0.1) is 17.2 Å². The van der Waals surface area contributed by atoms with Crippen molar-refractivity contribution in [3.63, 3.8) is 0 Å². The molecule has 0 spiro atoms. The first-order valence-electron chi connectivity index (χ1n) is 16.3. The molecule has 2 atom stereocenters. The average molecular weight is 624 g/mol. The Balaban J connectivity index is 1.42. The lowest BCUT2D eigenvalue weighted by Gasteiger charge is -2.32. The second-order valence-electron chi connectivity index (χ2n) is 12.4. The molecule has 0 amide bonds. The number of nitrogens with zero attached hydrogens (tertiary/aromatic N) is 4. The SMILES string of the molecule is CCCCCC(C)CCCc1ccc(S(=O)(=O)N2Cc3cc(C#N)ccc3N(Cc3c[nH]cn3)C[C@H]2Cc2ccccc2)cc1. The number of fused-ring (bicyclic) bond motifs is 1. The van der Waals surface area contributed by atoms with Gasteiger partial charge in [-0.1, -0.05) is 88.4 Å². The van der Waals surface area contributed by atoms with Crippen molar-refractivity contribution in [2.45, 2.75) is 89.2 Å². The molecule has 0 aliphatic carbocycles. The maximum Gasteiger partial charge on any atom is 0.243 e. The first-order valence-corrected chi connectivity index (χ1v) is 17.7. The molecule has 4 aromatic rings. The van der Waals surface area contributed by atoms with E-state index in [1.807, 2.05) is 60.8 Å². The van der Waals surface area contributed by atoms with Gasteiger partial charge in [0.1, 0.15) is 0 Å². The maximum atomic E-state index is 14.5. The summed E-state index contributed by atoms with van der Waals surface area (Å²) < 4.78 is 30.6. The van der Waals surface area contributed by atoms with Gasteiger partial charge in [-0.15, -0.1) is 0 Å². The van der Waals surface area contributed by atoms with Gasteiger partial charge >= 0.3 is 0 Å². The lowest BCUT2D eigenvalue weighted by Crippen LogP contribution is -2.45. The van der Waals surface area contributed by atoms with Gasteiger partial charge in [-0.25, -0.2) is 13.4 Å². The highest BCUT2D eigenvalue weighted by Crippen LogP contribution is 2.34. The van der Waals surface area contributed by atoms with Crippen molar-refractivity contribution in [2.24, 2.45) is 5.92 Å². The third-order valence-corrected chi connectivity index (χ3v) is 10.8. The lowest BCUT2D eigenvalue weighted by molar-refractivity contribution is 0.318. The number of nitriles is 1. The number of aryl methyl sites for hydroxylation is 1. The van der Waals surface area contributed by atoms with Crippen LogP contribution in [0.1, 0.15) is 80.3 Å². The van der Waals surface area contributed by atoms with Gasteiger partial charge in [-0.2, -0.15) is 9.57 Å². The molecule has 45 heavy (non-hydrogen) atoms. The number of H-pyrrole nitrogens is 1. The minimum absolute atomic E-state index is 0.180. The fourth-order valence-corrected chi connectivity index (χ4v) is 7.99. The van der Waals surface area contributed by atoms with Crippen molar-refractivity contribution < 1.29 is 8.42 Å². The molecule has 3 aromatic carbocycles. The van der Waals surface area contributed by atoms with Gasteiger partial charge in [0.15, 0.2) is 0 Å². The van der Waals surface area contributed by atoms with Crippen LogP contribution < -0.4 is 4.90 Å². The van der Waals surface area contributed by atoms with E-state index in [0.29, 0.717) is 30.0 Å². The molecule has 0 saturated heterocycles. The number of sulfonamides is 1. The van der Waals surface area contributed by atoms with Crippen molar-refractivity contribution in [1.29, 1.82) is 5.26 Å². The molecule has 0 saturated carbocycles. The Labute approximate surface area is 269 Å². The van der Waals surface area contributed by atoms with E-state index in [1.165, 1.54) is 37.7 Å². The Morgan fingerprint density at radius 3 is 2.49 bits per heavy atom. The van der Waals surface area contributed by atoms with Gasteiger partial charge in [0.05, 0.1) is 35.1 Å². The highest BCUT2D eigenvalue weighted by Gasteiger charge is 2.36. The van der Waals surface area contributed by atoms with Gasteiger partial charge in [0, 0.05) is 31.0 Å². The van der Waals surface area contributed by atoms with E-state index < -0.39 is 10.0 Å². The van der Waals surface area contributed by atoms with E-state index in [4.69, 9.17) is 0 Å². The molecule has 1 aromatic heterocycles. The van der Waals surface area contributed by atoms with Crippen LogP contribution in [0.4, 0.5) is 5.69 Å². The smallest absolute Gasteiger partial charge is 0.243 e. The van der Waals surface area contributed by atoms with Crippen LogP contribution in [0.15, 0.2) is 90.2 Å². The van der Waals surface area contributed by atoms with E-state index >= 15 is 0 Å². The molecular formula is C37H45N5O2S. The predicted octanol–water partition coefficient (Wildman–Crippen LogP) is 7.64. The average Bonchev–Trinajstić information content (AvgIpc) is 3.51. The molecule has 236 valence electrons. The fourth-order valence-electron chi connectivity index (χ4n) is 6.39. The van der Waals surface area contributed by atoms with Crippen molar-refractivity contribution >= 4 is 15.7 Å². The van der Waals surface area contributed by atoms with Gasteiger partial charge in [-0.05, 0) is 72.2 Å². The van der Waals surface area contributed by atoms with Crippen LogP contribution in [-0.4, -0.2) is 35.3 Å². The number of unbranched alkanes of at least 4 members (excludes halogenated alkanes) is 2. The molecule has 1 aliphatic heterocycles. The van der Waals surface area contributed by atoms with E-state index in [1.54, 1.807) is 28.8 Å². The predicted molar refractivity (Wildman–Crippen MR) is 180 cm³/mol. The Hall–Kier alpha value is -3.93. The molecule has 5 rings (SSSR count). The summed E-state index contributed by atoms with van der Waals surface area (Å²) in [5.74, 6) is 0.720. The summed E-state index contributed by atoms with van der Waals surface area (Å²) in [5.41, 5.74) is 5.36. The number of hydrogen-bond acceptors (Lipinski definition) is 5. The van der Waals surface area contributed by atoms with Crippen LogP contribution in [0.5, 0.6) is 0 Å². The van der Waals surface area contributed by atoms with E-state index in [0.717, 1.165) is 41.3 Å². The van der Waals surface area contributed by atoms with Crippen LogP contribution in [0.25, 0.3) is 0 Å². The van der Waals surface area contributed by atoms with E-state index in [-0.39, 0.29) is 12.6 Å². The number of nitrogens with one attached hydrogen (secondary N) is 1. The zero-order valence-electron chi connectivity index (χ0n) is 26.5. The Morgan fingerprint density at radius 2 is 1.78 bits per heavy atom. The van der Waals surface area contributed by atoms with Crippen LogP contribution >= 0.6 is 0 Å². The quantitative estimate of drug-likeness (QED) is 0.146. The summed E-state index contributed by atoms with van der Waals surface area (Å²) in [5, 5.41) is 9.69. The highest BCUT2D eigenvalue weighted by atomic mass is 32.2. The van der Waals surface area contributed by atoms with Crippen molar-refractivity contribution in [3.8, 4) is 6.07 Å². The molecule has 7 nitrogen and oxygen atoms in total. The number of hydrogen-bond donors (Lipinski definition) is 1. The van der Waals surface area contributed by atoms with Crippen LogP contribution in [0.2, 0.25) is 0 Å². The summed E-state index contributed by atoms with van der Waals surface area (Å²) in [4.78, 5) is 9.97. The molecule has 2 heterocycles. The Bertz CT molecular complexity index is 1650. The Kier molecular flexibility index (Phi) is 11.1. The molecule has 1 aliphatic rings. The third-order valence-electron chi connectivity index (χ3n) is 8.93. The van der Waals surface area contributed by atoms with Gasteiger partial charge in [-0.3, -0.25) is 0 Å². The molecule has 1 unspecified atom stereocenters. The number of anilines is 1. The molecule has 0 radical (unpaired) electrons. The van der Waals surface area contributed by atoms with Gasteiger partial charge in [0.25, 0.3) is 0 Å².